The van der Waals surface area contributed by atoms with E-state index in [2.05, 4.69) is 16.8 Å². The van der Waals surface area contributed by atoms with Gasteiger partial charge in [0.25, 0.3) is 0 Å². The molecule has 3 aliphatic rings. The van der Waals surface area contributed by atoms with Crippen molar-refractivity contribution in [3.05, 3.63) is 0 Å². The molecular weight excluding hydrogens is 172 g/mol. The Morgan fingerprint density at radius 2 is 1.14 bits per heavy atom. The van der Waals surface area contributed by atoms with Gasteiger partial charge < -0.3 is 4.90 Å². The second-order valence-corrected chi connectivity index (χ2v) is 5.44. The largest absolute Gasteiger partial charge is 0.306 e. The summed E-state index contributed by atoms with van der Waals surface area (Å²) in [4.78, 5) is 5.38. The van der Waals surface area contributed by atoms with Crippen LogP contribution in [0, 0.1) is 0 Å². The number of piperidine rings is 1. The molecule has 80 valence electrons. The van der Waals surface area contributed by atoms with E-state index >= 15 is 0 Å². The Morgan fingerprint density at radius 3 is 1.64 bits per heavy atom. The van der Waals surface area contributed by atoms with E-state index < -0.39 is 0 Å². The van der Waals surface area contributed by atoms with E-state index in [-0.39, 0.29) is 0 Å². The first kappa shape index (κ1) is 9.17. The average molecular weight is 194 g/mol. The van der Waals surface area contributed by atoms with Crippen molar-refractivity contribution in [3.63, 3.8) is 0 Å². The molecule has 3 aliphatic heterocycles. The van der Waals surface area contributed by atoms with E-state index in [0.29, 0.717) is 0 Å². The third-order valence-electron chi connectivity index (χ3n) is 4.62. The summed E-state index contributed by atoms with van der Waals surface area (Å²) >= 11 is 0. The number of hydrogen-bond acceptors (Lipinski definition) is 2. The van der Waals surface area contributed by atoms with Crippen molar-refractivity contribution in [2.75, 3.05) is 20.1 Å². The highest BCUT2D eigenvalue weighted by atomic mass is 15.3. The van der Waals surface area contributed by atoms with Gasteiger partial charge >= 0.3 is 0 Å². The van der Waals surface area contributed by atoms with E-state index in [1.54, 1.807) is 0 Å². The van der Waals surface area contributed by atoms with Gasteiger partial charge in [-0.3, -0.25) is 4.90 Å². The van der Waals surface area contributed by atoms with Gasteiger partial charge in [-0.1, -0.05) is 0 Å². The lowest BCUT2D eigenvalue weighted by Gasteiger charge is -2.37. The maximum Gasteiger partial charge on any atom is 0.0125 e. The quantitative estimate of drug-likeness (QED) is 0.627. The molecule has 2 bridgehead atoms. The van der Waals surface area contributed by atoms with Crippen molar-refractivity contribution < 1.29 is 0 Å². The number of hydrogen-bond donors (Lipinski definition) is 0. The average Bonchev–Trinajstić information content (AvgIpc) is 2.78. The van der Waals surface area contributed by atoms with Crippen LogP contribution in [-0.2, 0) is 0 Å². The monoisotopic (exact) mass is 194 g/mol. The summed E-state index contributed by atoms with van der Waals surface area (Å²) in [6.45, 7) is 2.64. The zero-order chi connectivity index (χ0) is 9.54. The second kappa shape index (κ2) is 3.49. The van der Waals surface area contributed by atoms with Crippen molar-refractivity contribution >= 4 is 0 Å². The maximum absolute atomic E-state index is 2.90. The van der Waals surface area contributed by atoms with Gasteiger partial charge in [0.05, 0.1) is 0 Å². The Kier molecular flexibility index (Phi) is 2.29. The first-order chi connectivity index (χ1) is 6.84. The van der Waals surface area contributed by atoms with Gasteiger partial charge in [-0.05, 0) is 58.7 Å². The molecule has 3 saturated heterocycles. The third kappa shape index (κ3) is 1.40. The van der Waals surface area contributed by atoms with Crippen LogP contribution in [0.25, 0.3) is 0 Å². The maximum atomic E-state index is 2.90. The minimum atomic E-state index is 0.936. The molecule has 3 heterocycles. The molecule has 14 heavy (non-hydrogen) atoms. The highest BCUT2D eigenvalue weighted by molar-refractivity contribution is 4.98. The number of rotatable bonds is 1. The Labute approximate surface area is 87.3 Å². The van der Waals surface area contributed by atoms with Gasteiger partial charge in [-0.2, -0.15) is 0 Å². The van der Waals surface area contributed by atoms with Gasteiger partial charge in [0.15, 0.2) is 0 Å². The summed E-state index contributed by atoms with van der Waals surface area (Å²) < 4.78 is 0. The van der Waals surface area contributed by atoms with Crippen LogP contribution in [0.1, 0.15) is 38.5 Å². The molecule has 0 aromatic heterocycles. The van der Waals surface area contributed by atoms with E-state index in [1.807, 2.05) is 0 Å². The van der Waals surface area contributed by atoms with Crippen LogP contribution in [0.3, 0.4) is 0 Å². The van der Waals surface area contributed by atoms with Gasteiger partial charge in [0, 0.05) is 18.1 Å². The van der Waals surface area contributed by atoms with Crippen LogP contribution < -0.4 is 0 Å². The molecule has 2 nitrogen and oxygen atoms in total. The van der Waals surface area contributed by atoms with Crippen molar-refractivity contribution in [1.29, 1.82) is 0 Å². The number of nitrogens with zero attached hydrogens (tertiary/aromatic N) is 2. The molecule has 0 aromatic carbocycles. The van der Waals surface area contributed by atoms with E-state index in [9.17, 15) is 0 Å². The summed E-state index contributed by atoms with van der Waals surface area (Å²) in [5, 5.41) is 0. The number of likely N-dealkylation sites (tertiary alicyclic amines) is 1. The minimum absolute atomic E-state index is 0.936. The molecule has 0 spiro atoms. The highest BCUT2D eigenvalue weighted by Gasteiger charge is 2.43. The molecule has 3 fully saturated rings. The zero-order valence-corrected chi connectivity index (χ0v) is 9.28. The highest BCUT2D eigenvalue weighted by Crippen LogP contribution is 2.40. The van der Waals surface area contributed by atoms with E-state index in [1.165, 1.54) is 51.6 Å². The lowest BCUT2D eigenvalue weighted by molar-refractivity contribution is 0.107. The molecule has 0 N–H and O–H groups in total. The normalized spacial score (nSPS) is 40.9. The Morgan fingerprint density at radius 1 is 0.714 bits per heavy atom. The van der Waals surface area contributed by atoms with Crippen LogP contribution >= 0.6 is 0 Å². The van der Waals surface area contributed by atoms with Crippen molar-refractivity contribution in [3.8, 4) is 0 Å². The SMILES string of the molecule is CN1CCC(N2C3CCC2CC3)CC1. The Balaban J connectivity index is 1.65. The summed E-state index contributed by atoms with van der Waals surface area (Å²) in [7, 11) is 2.26. The topological polar surface area (TPSA) is 6.48 Å². The summed E-state index contributed by atoms with van der Waals surface area (Å²) in [5.74, 6) is 0. The summed E-state index contributed by atoms with van der Waals surface area (Å²) in [6.07, 6.45) is 8.83. The van der Waals surface area contributed by atoms with E-state index in [0.717, 1.165) is 18.1 Å². The molecule has 2 heteroatoms. The van der Waals surface area contributed by atoms with Gasteiger partial charge in [0.2, 0.25) is 0 Å². The molecule has 0 atom stereocenters. The summed E-state index contributed by atoms with van der Waals surface area (Å²) in [5.41, 5.74) is 0. The number of fused-ring (bicyclic) bond motifs is 2. The van der Waals surface area contributed by atoms with E-state index in [4.69, 9.17) is 0 Å². The van der Waals surface area contributed by atoms with Crippen LogP contribution in [-0.4, -0.2) is 48.1 Å². The smallest absolute Gasteiger partial charge is 0.0125 e. The molecule has 0 aliphatic carbocycles. The lowest BCUT2D eigenvalue weighted by Crippen LogP contribution is -2.45. The van der Waals surface area contributed by atoms with Gasteiger partial charge in [-0.25, -0.2) is 0 Å². The van der Waals surface area contributed by atoms with Crippen molar-refractivity contribution in [1.82, 2.24) is 9.80 Å². The molecule has 0 saturated carbocycles. The van der Waals surface area contributed by atoms with Crippen LogP contribution in [0.5, 0.6) is 0 Å². The van der Waals surface area contributed by atoms with Crippen molar-refractivity contribution in [2.45, 2.75) is 56.7 Å². The zero-order valence-electron chi connectivity index (χ0n) is 9.28. The Bertz CT molecular complexity index is 188. The fraction of sp³-hybridized carbons (Fsp3) is 1.00. The fourth-order valence-corrected chi connectivity index (χ4v) is 3.84. The van der Waals surface area contributed by atoms with Crippen LogP contribution in [0.15, 0.2) is 0 Å². The second-order valence-electron chi connectivity index (χ2n) is 5.44. The molecule has 0 amide bonds. The first-order valence-corrected chi connectivity index (χ1v) is 6.30. The predicted octanol–water partition coefficient (Wildman–Crippen LogP) is 1.71. The van der Waals surface area contributed by atoms with Crippen molar-refractivity contribution in [2.24, 2.45) is 0 Å². The summed E-state index contributed by atoms with van der Waals surface area (Å²) in [6, 6.07) is 2.90. The van der Waals surface area contributed by atoms with Gasteiger partial charge in [0.1, 0.15) is 0 Å². The Hall–Kier alpha value is -0.0800. The lowest BCUT2D eigenvalue weighted by atomic mass is 10.0. The molecule has 0 unspecified atom stereocenters. The van der Waals surface area contributed by atoms with Crippen LogP contribution in [0.2, 0.25) is 0 Å². The molecule has 3 rings (SSSR count). The minimum Gasteiger partial charge on any atom is -0.306 e. The first-order valence-electron chi connectivity index (χ1n) is 6.30. The third-order valence-corrected chi connectivity index (χ3v) is 4.62. The van der Waals surface area contributed by atoms with Gasteiger partial charge in [-0.15, -0.1) is 0 Å². The fourth-order valence-electron chi connectivity index (χ4n) is 3.84. The van der Waals surface area contributed by atoms with Crippen LogP contribution in [0.4, 0.5) is 0 Å². The molecule has 0 radical (unpaired) electrons. The molecular formula is C12H22N2. The standard InChI is InChI=1S/C12H22N2/c1-13-8-6-12(7-9-13)14-10-2-3-11(14)5-4-10/h10-12H,2-9H2,1H3. The molecule has 0 aromatic rings. The predicted molar refractivity (Wildman–Crippen MR) is 58.4 cm³/mol.